The first-order valence-electron chi connectivity index (χ1n) is 5.85. The van der Waals surface area contributed by atoms with Crippen LogP contribution in [0.1, 0.15) is 27.7 Å². The van der Waals surface area contributed by atoms with E-state index < -0.39 is 27.4 Å². The molecule has 108 valence electrons. The Morgan fingerprint density at radius 2 is 2.11 bits per heavy atom. The summed E-state index contributed by atoms with van der Waals surface area (Å²) < 4.78 is 27.9. The van der Waals surface area contributed by atoms with Gasteiger partial charge in [0.15, 0.2) is 5.03 Å². The molecule has 0 bridgehead atoms. The Bertz CT molecular complexity index is 557. The van der Waals surface area contributed by atoms with Gasteiger partial charge in [0, 0.05) is 12.7 Å². The zero-order chi connectivity index (χ0) is 14.8. The maximum absolute atomic E-state index is 12.1. The predicted molar refractivity (Wildman–Crippen MR) is 69.1 cm³/mol. The van der Waals surface area contributed by atoms with Crippen molar-refractivity contribution in [3.05, 3.63) is 12.5 Å². The van der Waals surface area contributed by atoms with E-state index in [1.54, 1.807) is 25.3 Å². The third-order valence-corrected chi connectivity index (χ3v) is 3.94. The number of rotatable bonds is 5. The summed E-state index contributed by atoms with van der Waals surface area (Å²) in [7, 11) is -3.94. The first kappa shape index (κ1) is 15.6. The normalized spacial score (nSPS) is 14.3. The minimum atomic E-state index is -3.94. The Kier molecular flexibility index (Phi) is 4.36. The molecule has 7 nitrogen and oxygen atoms in total. The highest BCUT2D eigenvalue weighted by Crippen LogP contribution is 2.21. The van der Waals surface area contributed by atoms with Crippen molar-refractivity contribution >= 4 is 16.0 Å². The summed E-state index contributed by atoms with van der Waals surface area (Å²) in [5.41, 5.74) is -0.744. The Morgan fingerprint density at radius 1 is 1.53 bits per heavy atom. The molecular weight excluding hydrogens is 270 g/mol. The number of carboxylic acids is 1. The first-order chi connectivity index (χ1) is 8.58. The highest BCUT2D eigenvalue weighted by Gasteiger charge is 2.35. The minimum Gasteiger partial charge on any atom is -0.480 e. The molecular formula is C11H19N3O4S. The third-order valence-electron chi connectivity index (χ3n) is 2.64. The van der Waals surface area contributed by atoms with Crippen LogP contribution < -0.4 is 4.72 Å². The van der Waals surface area contributed by atoms with Crippen LogP contribution in [0.25, 0.3) is 0 Å². The summed E-state index contributed by atoms with van der Waals surface area (Å²) in [5, 5.41) is 8.94. The van der Waals surface area contributed by atoms with Gasteiger partial charge in [-0.15, -0.1) is 0 Å². The average Bonchev–Trinajstić information content (AvgIpc) is 2.73. The van der Waals surface area contributed by atoms with Gasteiger partial charge in [-0.25, -0.2) is 13.4 Å². The first-order valence-corrected chi connectivity index (χ1v) is 7.33. The fourth-order valence-corrected chi connectivity index (χ4v) is 2.81. The molecule has 1 aromatic heterocycles. The topological polar surface area (TPSA) is 101 Å². The van der Waals surface area contributed by atoms with E-state index in [-0.39, 0.29) is 5.03 Å². The summed E-state index contributed by atoms with van der Waals surface area (Å²) in [6.45, 7) is 7.39. The van der Waals surface area contributed by atoms with Crippen LogP contribution in [0.4, 0.5) is 0 Å². The van der Waals surface area contributed by atoms with Gasteiger partial charge in [-0.1, -0.05) is 20.8 Å². The van der Waals surface area contributed by atoms with Crippen molar-refractivity contribution in [2.24, 2.45) is 5.41 Å². The zero-order valence-electron chi connectivity index (χ0n) is 11.4. The van der Waals surface area contributed by atoms with Crippen LogP contribution in [-0.4, -0.2) is 35.1 Å². The number of imidazole rings is 1. The molecule has 19 heavy (non-hydrogen) atoms. The quantitative estimate of drug-likeness (QED) is 0.830. The lowest BCUT2D eigenvalue weighted by atomic mass is 9.88. The Hall–Kier alpha value is -1.41. The molecule has 0 aliphatic heterocycles. The fourth-order valence-electron chi connectivity index (χ4n) is 1.46. The van der Waals surface area contributed by atoms with Crippen LogP contribution in [0.3, 0.4) is 0 Å². The van der Waals surface area contributed by atoms with Gasteiger partial charge < -0.3 is 9.67 Å². The average molecular weight is 289 g/mol. The highest BCUT2D eigenvalue weighted by atomic mass is 32.2. The van der Waals surface area contributed by atoms with Crippen molar-refractivity contribution < 1.29 is 18.3 Å². The van der Waals surface area contributed by atoms with E-state index in [0.717, 1.165) is 0 Å². The lowest BCUT2D eigenvalue weighted by Crippen LogP contribution is -2.49. The third kappa shape index (κ3) is 3.77. The highest BCUT2D eigenvalue weighted by molar-refractivity contribution is 7.89. The number of aryl methyl sites for hydroxylation is 1. The van der Waals surface area contributed by atoms with Crippen LogP contribution in [-0.2, 0) is 21.4 Å². The molecule has 1 atom stereocenters. The second-order valence-electron chi connectivity index (χ2n) is 5.30. The number of aromatic nitrogens is 2. The van der Waals surface area contributed by atoms with E-state index in [0.29, 0.717) is 6.54 Å². The molecule has 1 rings (SSSR count). The fraction of sp³-hybridized carbons (Fsp3) is 0.636. The van der Waals surface area contributed by atoms with Crippen LogP contribution in [0, 0.1) is 5.41 Å². The lowest BCUT2D eigenvalue weighted by molar-refractivity contribution is -0.141. The Balaban J connectivity index is 3.04. The molecule has 0 saturated carbocycles. The van der Waals surface area contributed by atoms with E-state index in [9.17, 15) is 13.2 Å². The van der Waals surface area contributed by atoms with Gasteiger partial charge in [-0.3, -0.25) is 4.79 Å². The predicted octanol–water partition coefficient (Wildman–Crippen LogP) is 0.681. The number of carbonyl (C=O) groups is 1. The maximum Gasteiger partial charge on any atom is 0.322 e. The van der Waals surface area contributed by atoms with Crippen LogP contribution in [0.5, 0.6) is 0 Å². The Labute approximate surface area is 112 Å². The number of hydrogen-bond donors (Lipinski definition) is 2. The second-order valence-corrected chi connectivity index (χ2v) is 6.96. The van der Waals surface area contributed by atoms with Gasteiger partial charge >= 0.3 is 5.97 Å². The number of nitrogens with zero attached hydrogens (tertiary/aromatic N) is 2. The van der Waals surface area contributed by atoms with Crippen LogP contribution in [0.15, 0.2) is 17.6 Å². The molecule has 0 aliphatic rings. The molecule has 2 N–H and O–H groups in total. The molecule has 0 radical (unpaired) electrons. The molecule has 0 fully saturated rings. The van der Waals surface area contributed by atoms with Crippen molar-refractivity contribution in [2.75, 3.05) is 0 Å². The minimum absolute atomic E-state index is 0.176. The molecule has 0 saturated heterocycles. The number of aliphatic carboxylic acids is 1. The monoisotopic (exact) mass is 289 g/mol. The van der Waals surface area contributed by atoms with E-state index in [1.807, 2.05) is 6.92 Å². The largest absolute Gasteiger partial charge is 0.480 e. The molecule has 0 amide bonds. The Morgan fingerprint density at radius 3 is 2.47 bits per heavy atom. The number of hydrogen-bond acceptors (Lipinski definition) is 4. The number of sulfonamides is 1. The van der Waals surface area contributed by atoms with Crippen LogP contribution in [0.2, 0.25) is 0 Å². The molecule has 0 aromatic carbocycles. The molecule has 1 heterocycles. The van der Waals surface area contributed by atoms with Gasteiger partial charge in [0.25, 0.3) is 10.0 Å². The van der Waals surface area contributed by atoms with Gasteiger partial charge in [-0.2, -0.15) is 4.72 Å². The summed E-state index contributed by atoms with van der Waals surface area (Å²) in [6.07, 6.45) is 2.76. The standard InChI is InChI=1S/C11H19N3O4S/c1-5-14-6-8(12-7-14)19(17,18)13-9(10(15)16)11(2,3)4/h6-7,9,13H,5H2,1-4H3,(H,15,16)/t9-/m0/s1. The van der Waals surface area contributed by atoms with Gasteiger partial charge in [-0.05, 0) is 12.3 Å². The number of nitrogens with one attached hydrogen (secondary N) is 1. The van der Waals surface area contributed by atoms with Crippen molar-refractivity contribution in [3.63, 3.8) is 0 Å². The van der Waals surface area contributed by atoms with E-state index >= 15 is 0 Å². The second kappa shape index (κ2) is 5.30. The molecule has 1 aromatic rings. The van der Waals surface area contributed by atoms with Crippen molar-refractivity contribution in [1.29, 1.82) is 0 Å². The zero-order valence-corrected chi connectivity index (χ0v) is 12.2. The summed E-state index contributed by atoms with van der Waals surface area (Å²) in [6, 6.07) is -1.22. The SMILES string of the molecule is CCn1cnc(S(=O)(=O)N[C@@H](C(=O)O)C(C)(C)C)c1. The van der Waals surface area contributed by atoms with Gasteiger partial charge in [0.05, 0.1) is 6.33 Å². The van der Waals surface area contributed by atoms with Crippen LogP contribution >= 0.6 is 0 Å². The maximum atomic E-state index is 12.1. The number of carboxylic acid groups (broad SMARTS) is 1. The van der Waals surface area contributed by atoms with E-state index in [2.05, 4.69) is 9.71 Å². The smallest absolute Gasteiger partial charge is 0.322 e. The molecule has 0 unspecified atom stereocenters. The van der Waals surface area contributed by atoms with Gasteiger partial charge in [0.1, 0.15) is 6.04 Å². The molecule has 8 heteroatoms. The van der Waals surface area contributed by atoms with Crippen molar-refractivity contribution in [2.45, 2.75) is 45.3 Å². The lowest BCUT2D eigenvalue weighted by Gasteiger charge is -2.27. The van der Waals surface area contributed by atoms with E-state index in [1.165, 1.54) is 12.5 Å². The summed E-state index contributed by atoms with van der Waals surface area (Å²) in [4.78, 5) is 14.9. The van der Waals surface area contributed by atoms with Crippen molar-refractivity contribution in [1.82, 2.24) is 14.3 Å². The summed E-state index contributed by atoms with van der Waals surface area (Å²) >= 11 is 0. The van der Waals surface area contributed by atoms with Crippen molar-refractivity contribution in [3.8, 4) is 0 Å². The summed E-state index contributed by atoms with van der Waals surface area (Å²) in [5.74, 6) is -1.22. The van der Waals surface area contributed by atoms with Gasteiger partial charge in [0.2, 0.25) is 0 Å². The van der Waals surface area contributed by atoms with E-state index in [4.69, 9.17) is 5.11 Å². The molecule has 0 aliphatic carbocycles. The molecule has 0 spiro atoms.